The summed E-state index contributed by atoms with van der Waals surface area (Å²) in [5.41, 5.74) is 14.8. The van der Waals surface area contributed by atoms with E-state index in [1.807, 2.05) is 24.3 Å². The zero-order valence-corrected chi connectivity index (χ0v) is 6.83. The molecule has 12 heavy (non-hydrogen) atoms. The highest BCUT2D eigenvalue weighted by molar-refractivity contribution is 5.69. The lowest BCUT2D eigenvalue weighted by atomic mass is 9.92. The average Bonchev–Trinajstić information content (AvgIpc) is 2.07. The maximum absolute atomic E-state index is 5.91. The fourth-order valence-corrected chi connectivity index (χ4v) is 1.58. The van der Waals surface area contributed by atoms with E-state index >= 15 is 0 Å². The van der Waals surface area contributed by atoms with Crippen molar-refractivity contribution in [2.24, 2.45) is 5.73 Å². The smallest absolute Gasteiger partial charge is 0.0390 e. The molecule has 0 spiro atoms. The number of rotatable bonds is 0. The van der Waals surface area contributed by atoms with Gasteiger partial charge >= 0.3 is 0 Å². The monoisotopic (exact) mass is 160 g/mol. The van der Waals surface area contributed by atoms with Crippen molar-refractivity contribution in [1.29, 1.82) is 0 Å². The number of nitrogens with two attached hydrogens (primary N) is 2. The summed E-state index contributed by atoms with van der Waals surface area (Å²) in [6.07, 6.45) is 5.04. The molecule has 1 aromatic rings. The van der Waals surface area contributed by atoms with Gasteiger partial charge in [0.1, 0.15) is 0 Å². The van der Waals surface area contributed by atoms with Gasteiger partial charge in [-0.15, -0.1) is 0 Å². The van der Waals surface area contributed by atoms with Crippen LogP contribution in [0.15, 0.2) is 24.3 Å². The Bertz CT molecular complexity index is 329. The molecule has 1 aromatic carbocycles. The van der Waals surface area contributed by atoms with E-state index in [-0.39, 0.29) is 6.04 Å². The second-order valence-electron chi connectivity index (χ2n) is 3.09. The Morgan fingerprint density at radius 2 is 2.17 bits per heavy atom. The lowest BCUT2D eigenvalue weighted by Crippen LogP contribution is -2.13. The van der Waals surface area contributed by atoms with Crippen LogP contribution in [-0.2, 0) is 0 Å². The Labute approximate surface area is 71.9 Å². The van der Waals surface area contributed by atoms with E-state index in [9.17, 15) is 0 Å². The summed E-state index contributed by atoms with van der Waals surface area (Å²) in [6.45, 7) is 0. The number of hydrogen-bond acceptors (Lipinski definition) is 2. The summed E-state index contributed by atoms with van der Waals surface area (Å²) in [5.74, 6) is 0. The third-order valence-electron chi connectivity index (χ3n) is 2.25. The lowest BCUT2D eigenvalue weighted by molar-refractivity contribution is 0.733. The van der Waals surface area contributed by atoms with Crippen LogP contribution in [0.2, 0.25) is 0 Å². The second kappa shape index (κ2) is 2.64. The molecule has 0 fully saturated rings. The zero-order valence-electron chi connectivity index (χ0n) is 6.83. The van der Waals surface area contributed by atoms with Crippen molar-refractivity contribution >= 4 is 11.8 Å². The first-order chi connectivity index (χ1) is 5.79. The SMILES string of the molecule is Nc1cccc2c1C=CCC2N. The van der Waals surface area contributed by atoms with E-state index in [4.69, 9.17) is 11.5 Å². The van der Waals surface area contributed by atoms with Crippen molar-refractivity contribution in [2.75, 3.05) is 5.73 Å². The van der Waals surface area contributed by atoms with Gasteiger partial charge in [-0.25, -0.2) is 0 Å². The fourth-order valence-electron chi connectivity index (χ4n) is 1.58. The fraction of sp³-hybridized carbons (Fsp3) is 0.200. The van der Waals surface area contributed by atoms with Gasteiger partial charge in [-0.05, 0) is 18.1 Å². The molecule has 0 aliphatic heterocycles. The van der Waals surface area contributed by atoms with Gasteiger partial charge in [0.15, 0.2) is 0 Å². The Morgan fingerprint density at radius 3 is 2.92 bits per heavy atom. The van der Waals surface area contributed by atoms with E-state index in [1.165, 1.54) is 0 Å². The Kier molecular flexibility index (Phi) is 1.62. The molecule has 0 aromatic heterocycles. The minimum atomic E-state index is 0.119. The molecule has 0 saturated carbocycles. The average molecular weight is 160 g/mol. The van der Waals surface area contributed by atoms with Crippen LogP contribution < -0.4 is 11.5 Å². The van der Waals surface area contributed by atoms with Crippen molar-refractivity contribution in [3.63, 3.8) is 0 Å². The predicted octanol–water partition coefficient (Wildman–Crippen LogP) is 1.69. The molecule has 0 saturated heterocycles. The third-order valence-corrected chi connectivity index (χ3v) is 2.25. The Balaban J connectivity index is 2.61. The molecule has 2 rings (SSSR count). The van der Waals surface area contributed by atoms with Gasteiger partial charge in [0.05, 0.1) is 0 Å². The lowest BCUT2D eigenvalue weighted by Gasteiger charge is -2.18. The minimum absolute atomic E-state index is 0.119. The van der Waals surface area contributed by atoms with Crippen LogP contribution in [-0.4, -0.2) is 0 Å². The summed E-state index contributed by atoms with van der Waals surface area (Å²) in [5, 5.41) is 0. The van der Waals surface area contributed by atoms with Gasteiger partial charge in [0.2, 0.25) is 0 Å². The first kappa shape index (κ1) is 7.37. The van der Waals surface area contributed by atoms with Crippen LogP contribution in [0.4, 0.5) is 5.69 Å². The van der Waals surface area contributed by atoms with E-state index < -0.39 is 0 Å². The van der Waals surface area contributed by atoms with Crippen molar-refractivity contribution in [1.82, 2.24) is 0 Å². The molecule has 1 aliphatic rings. The molecule has 1 atom stereocenters. The molecule has 0 amide bonds. The van der Waals surface area contributed by atoms with Crippen molar-refractivity contribution in [3.8, 4) is 0 Å². The molecule has 1 unspecified atom stereocenters. The standard InChI is InChI=1S/C10H12N2/c11-9-5-1-3-7-8(9)4-2-6-10(7)12/h1-5,10H,6,11-12H2. The van der Waals surface area contributed by atoms with Crippen molar-refractivity contribution < 1.29 is 0 Å². The van der Waals surface area contributed by atoms with E-state index in [1.54, 1.807) is 0 Å². The summed E-state index contributed by atoms with van der Waals surface area (Å²) in [4.78, 5) is 0. The molecule has 1 aliphatic carbocycles. The van der Waals surface area contributed by atoms with Gasteiger partial charge < -0.3 is 11.5 Å². The largest absolute Gasteiger partial charge is 0.398 e. The summed E-state index contributed by atoms with van der Waals surface area (Å²) in [7, 11) is 0. The summed E-state index contributed by atoms with van der Waals surface area (Å²) >= 11 is 0. The number of anilines is 1. The number of fused-ring (bicyclic) bond motifs is 1. The molecule has 2 nitrogen and oxygen atoms in total. The van der Waals surface area contributed by atoms with Gasteiger partial charge in [-0.1, -0.05) is 24.3 Å². The van der Waals surface area contributed by atoms with Crippen molar-refractivity contribution in [3.05, 3.63) is 35.4 Å². The Hall–Kier alpha value is -1.28. The molecular weight excluding hydrogens is 148 g/mol. The highest BCUT2D eigenvalue weighted by Gasteiger charge is 2.13. The third kappa shape index (κ3) is 1.01. The quantitative estimate of drug-likeness (QED) is 0.567. The van der Waals surface area contributed by atoms with E-state index in [0.717, 1.165) is 23.2 Å². The van der Waals surface area contributed by atoms with Crippen LogP contribution in [0.1, 0.15) is 23.6 Å². The van der Waals surface area contributed by atoms with Crippen LogP contribution >= 0.6 is 0 Å². The van der Waals surface area contributed by atoms with E-state index in [2.05, 4.69) is 6.08 Å². The summed E-state index contributed by atoms with van der Waals surface area (Å²) < 4.78 is 0. The highest BCUT2D eigenvalue weighted by atomic mass is 14.6. The van der Waals surface area contributed by atoms with Gasteiger partial charge in [-0.2, -0.15) is 0 Å². The van der Waals surface area contributed by atoms with Crippen LogP contribution in [0.25, 0.3) is 6.08 Å². The summed E-state index contributed by atoms with van der Waals surface area (Å²) in [6, 6.07) is 6.02. The normalized spacial score (nSPS) is 20.6. The predicted molar refractivity (Wildman–Crippen MR) is 51.4 cm³/mol. The first-order valence-corrected chi connectivity index (χ1v) is 4.09. The van der Waals surface area contributed by atoms with E-state index in [0.29, 0.717) is 0 Å². The number of nitrogen functional groups attached to an aromatic ring is 1. The van der Waals surface area contributed by atoms with Crippen molar-refractivity contribution in [2.45, 2.75) is 12.5 Å². The van der Waals surface area contributed by atoms with Crippen LogP contribution in [0, 0.1) is 0 Å². The molecule has 0 heterocycles. The van der Waals surface area contributed by atoms with Crippen LogP contribution in [0.3, 0.4) is 0 Å². The van der Waals surface area contributed by atoms with Gasteiger partial charge in [-0.3, -0.25) is 0 Å². The van der Waals surface area contributed by atoms with Gasteiger partial charge in [0.25, 0.3) is 0 Å². The molecule has 0 bridgehead atoms. The first-order valence-electron chi connectivity index (χ1n) is 4.09. The maximum atomic E-state index is 5.91. The molecule has 4 N–H and O–H groups in total. The van der Waals surface area contributed by atoms with Gasteiger partial charge in [0, 0.05) is 17.3 Å². The molecular formula is C10H12N2. The number of hydrogen-bond donors (Lipinski definition) is 2. The highest BCUT2D eigenvalue weighted by Crippen LogP contribution is 2.29. The topological polar surface area (TPSA) is 52.0 Å². The minimum Gasteiger partial charge on any atom is -0.398 e. The number of benzene rings is 1. The zero-order chi connectivity index (χ0) is 8.55. The molecule has 0 radical (unpaired) electrons. The Morgan fingerprint density at radius 1 is 1.33 bits per heavy atom. The second-order valence-corrected chi connectivity index (χ2v) is 3.09. The van der Waals surface area contributed by atoms with Crippen LogP contribution in [0.5, 0.6) is 0 Å². The maximum Gasteiger partial charge on any atom is 0.0390 e. The molecule has 2 heteroatoms. The molecule has 62 valence electrons.